The standard InChI is InChI=1S/C18H12ClFN4OS/c19-13-5-1-11(2-6-13)10-26-18-22-21-17(25)16-9-15(23-24(16)18)12-3-7-14(20)8-4-12/h1-9H,10H2,(H,21,25). The molecule has 26 heavy (non-hydrogen) atoms. The number of nitrogens with zero attached hydrogens (tertiary/aromatic N) is 3. The van der Waals surface area contributed by atoms with E-state index >= 15 is 0 Å². The summed E-state index contributed by atoms with van der Waals surface area (Å²) in [7, 11) is 0. The molecule has 0 unspecified atom stereocenters. The Hall–Kier alpha value is -2.64. The van der Waals surface area contributed by atoms with Crippen LogP contribution < -0.4 is 5.56 Å². The van der Waals surface area contributed by atoms with E-state index in [1.54, 1.807) is 18.2 Å². The molecule has 4 aromatic rings. The molecule has 5 nitrogen and oxygen atoms in total. The lowest BCUT2D eigenvalue weighted by Gasteiger charge is -2.03. The number of H-pyrrole nitrogens is 1. The molecule has 0 aliphatic carbocycles. The minimum absolute atomic E-state index is 0.323. The molecule has 0 bridgehead atoms. The summed E-state index contributed by atoms with van der Waals surface area (Å²) in [5.41, 5.74) is 2.44. The summed E-state index contributed by atoms with van der Waals surface area (Å²) in [6, 6.07) is 15.2. The number of hydrogen-bond acceptors (Lipinski definition) is 4. The lowest BCUT2D eigenvalue weighted by Crippen LogP contribution is -2.13. The van der Waals surface area contributed by atoms with Crippen LogP contribution in [-0.2, 0) is 5.75 Å². The normalized spacial score (nSPS) is 11.2. The van der Waals surface area contributed by atoms with Crippen LogP contribution in [0.4, 0.5) is 4.39 Å². The Bertz CT molecular complexity index is 1120. The van der Waals surface area contributed by atoms with Crippen LogP contribution in [0, 0.1) is 5.82 Å². The van der Waals surface area contributed by atoms with Gasteiger partial charge in [0.2, 0.25) is 5.16 Å². The Morgan fingerprint density at radius 2 is 1.85 bits per heavy atom. The first-order chi connectivity index (χ1) is 12.6. The molecule has 0 fully saturated rings. The number of hydrogen-bond donors (Lipinski definition) is 1. The van der Waals surface area contributed by atoms with Crippen molar-refractivity contribution in [2.75, 3.05) is 0 Å². The van der Waals surface area contributed by atoms with Gasteiger partial charge >= 0.3 is 0 Å². The van der Waals surface area contributed by atoms with E-state index in [1.165, 1.54) is 28.4 Å². The summed E-state index contributed by atoms with van der Waals surface area (Å²) < 4.78 is 14.6. The van der Waals surface area contributed by atoms with Crippen molar-refractivity contribution >= 4 is 28.9 Å². The maximum atomic E-state index is 13.1. The highest BCUT2D eigenvalue weighted by atomic mass is 35.5. The summed E-state index contributed by atoms with van der Waals surface area (Å²) in [5, 5.41) is 12.3. The van der Waals surface area contributed by atoms with Crippen LogP contribution in [0.15, 0.2) is 64.5 Å². The summed E-state index contributed by atoms with van der Waals surface area (Å²) in [5.74, 6) is 0.327. The zero-order valence-corrected chi connectivity index (χ0v) is 14.9. The van der Waals surface area contributed by atoms with Gasteiger partial charge < -0.3 is 0 Å². The molecule has 8 heteroatoms. The number of rotatable bonds is 4. The molecule has 0 saturated carbocycles. The minimum Gasteiger partial charge on any atom is -0.266 e. The second-order valence-electron chi connectivity index (χ2n) is 5.58. The van der Waals surface area contributed by atoms with Crippen molar-refractivity contribution in [3.05, 3.63) is 81.4 Å². The molecule has 0 saturated heterocycles. The molecule has 0 aliphatic heterocycles. The van der Waals surface area contributed by atoms with E-state index in [0.717, 1.165) is 11.1 Å². The topological polar surface area (TPSA) is 63.0 Å². The van der Waals surface area contributed by atoms with E-state index in [-0.39, 0.29) is 11.4 Å². The first-order valence-corrected chi connectivity index (χ1v) is 9.08. The molecule has 4 rings (SSSR count). The molecule has 1 N–H and O–H groups in total. The lowest BCUT2D eigenvalue weighted by molar-refractivity contribution is 0.628. The maximum Gasteiger partial charge on any atom is 0.290 e. The van der Waals surface area contributed by atoms with E-state index in [4.69, 9.17) is 11.6 Å². The van der Waals surface area contributed by atoms with E-state index in [2.05, 4.69) is 15.3 Å². The van der Waals surface area contributed by atoms with Crippen LogP contribution in [-0.4, -0.2) is 19.8 Å². The van der Waals surface area contributed by atoms with Crippen LogP contribution in [0.25, 0.3) is 16.8 Å². The van der Waals surface area contributed by atoms with Crippen LogP contribution in [0.2, 0.25) is 5.02 Å². The van der Waals surface area contributed by atoms with Crippen LogP contribution >= 0.6 is 23.4 Å². The molecule has 130 valence electrons. The Balaban J connectivity index is 1.69. The highest BCUT2D eigenvalue weighted by Crippen LogP contribution is 2.24. The van der Waals surface area contributed by atoms with Gasteiger partial charge in [0, 0.05) is 16.3 Å². The number of aromatic amines is 1. The smallest absolute Gasteiger partial charge is 0.266 e. The van der Waals surface area contributed by atoms with Gasteiger partial charge in [0.25, 0.3) is 5.56 Å². The number of benzene rings is 2. The fraction of sp³-hybridized carbons (Fsp3) is 0.0556. The monoisotopic (exact) mass is 386 g/mol. The quantitative estimate of drug-likeness (QED) is 0.535. The second-order valence-corrected chi connectivity index (χ2v) is 6.96. The summed E-state index contributed by atoms with van der Waals surface area (Å²) >= 11 is 7.34. The maximum absolute atomic E-state index is 13.1. The highest BCUT2D eigenvalue weighted by Gasteiger charge is 2.12. The predicted molar refractivity (Wildman–Crippen MR) is 100 cm³/mol. The molecule has 0 spiro atoms. The second kappa shape index (κ2) is 6.93. The van der Waals surface area contributed by atoms with Crippen LogP contribution in [0.3, 0.4) is 0 Å². The molecule has 2 aromatic heterocycles. The molecule has 0 amide bonds. The summed E-state index contributed by atoms with van der Waals surface area (Å²) in [6.07, 6.45) is 0. The van der Waals surface area contributed by atoms with Crippen molar-refractivity contribution in [1.82, 2.24) is 19.8 Å². The Morgan fingerprint density at radius 3 is 2.58 bits per heavy atom. The van der Waals surface area contributed by atoms with E-state index in [9.17, 15) is 9.18 Å². The number of halogens is 2. The van der Waals surface area contributed by atoms with Crippen LogP contribution in [0.1, 0.15) is 5.56 Å². The van der Waals surface area contributed by atoms with Gasteiger partial charge in [0.05, 0.1) is 5.69 Å². The van der Waals surface area contributed by atoms with Crippen molar-refractivity contribution in [3.63, 3.8) is 0 Å². The molecular formula is C18H12ClFN4OS. The zero-order valence-electron chi connectivity index (χ0n) is 13.3. The minimum atomic E-state index is -0.332. The zero-order chi connectivity index (χ0) is 18.1. The number of fused-ring (bicyclic) bond motifs is 1. The molecule has 2 heterocycles. The highest BCUT2D eigenvalue weighted by molar-refractivity contribution is 7.98. The number of nitrogens with one attached hydrogen (secondary N) is 1. The van der Waals surface area contributed by atoms with Gasteiger partial charge in [0.15, 0.2) is 0 Å². The van der Waals surface area contributed by atoms with Crippen molar-refractivity contribution in [2.24, 2.45) is 0 Å². The Labute approximate surface area is 156 Å². The molecule has 0 aliphatic rings. The first-order valence-electron chi connectivity index (χ1n) is 7.72. The van der Waals surface area contributed by atoms with Crippen molar-refractivity contribution < 1.29 is 4.39 Å². The van der Waals surface area contributed by atoms with E-state index in [1.807, 2.05) is 24.3 Å². The molecule has 0 atom stereocenters. The van der Waals surface area contributed by atoms with Gasteiger partial charge in [-0.3, -0.25) is 4.79 Å². The SMILES string of the molecule is O=c1[nH]nc(SCc2ccc(Cl)cc2)n2nc(-c3ccc(F)cc3)cc12. The fourth-order valence-corrected chi connectivity index (χ4v) is 3.46. The van der Waals surface area contributed by atoms with E-state index < -0.39 is 0 Å². The van der Waals surface area contributed by atoms with Gasteiger partial charge in [-0.15, -0.1) is 5.10 Å². The van der Waals surface area contributed by atoms with Gasteiger partial charge in [-0.05, 0) is 48.0 Å². The van der Waals surface area contributed by atoms with E-state index in [0.29, 0.717) is 27.1 Å². The molecule has 0 radical (unpaired) electrons. The predicted octanol–water partition coefficient (Wildman–Crippen LogP) is 4.17. The van der Waals surface area contributed by atoms with Gasteiger partial charge in [-0.1, -0.05) is 35.5 Å². The number of aromatic nitrogens is 4. The van der Waals surface area contributed by atoms with Crippen LogP contribution in [0.5, 0.6) is 0 Å². The average Bonchev–Trinajstić information content (AvgIpc) is 3.10. The Kier molecular flexibility index (Phi) is 4.48. The number of thioether (sulfide) groups is 1. The molecular weight excluding hydrogens is 375 g/mol. The van der Waals surface area contributed by atoms with Gasteiger partial charge in [0.1, 0.15) is 11.3 Å². The van der Waals surface area contributed by atoms with Crippen molar-refractivity contribution in [1.29, 1.82) is 0 Å². The third kappa shape index (κ3) is 3.36. The molecule has 2 aromatic carbocycles. The van der Waals surface area contributed by atoms with Gasteiger partial charge in [-0.25, -0.2) is 14.0 Å². The summed E-state index contributed by atoms with van der Waals surface area (Å²) in [6.45, 7) is 0. The first kappa shape index (κ1) is 16.8. The Morgan fingerprint density at radius 1 is 1.12 bits per heavy atom. The largest absolute Gasteiger partial charge is 0.290 e. The average molecular weight is 387 g/mol. The van der Waals surface area contributed by atoms with Gasteiger partial charge in [-0.2, -0.15) is 5.10 Å². The fourth-order valence-electron chi connectivity index (χ4n) is 2.48. The third-order valence-corrected chi connectivity index (χ3v) is 5.05. The lowest BCUT2D eigenvalue weighted by atomic mass is 10.1. The van der Waals surface area contributed by atoms with Crippen molar-refractivity contribution in [2.45, 2.75) is 10.9 Å². The third-order valence-electron chi connectivity index (χ3n) is 3.80. The summed E-state index contributed by atoms with van der Waals surface area (Å²) in [4.78, 5) is 12.1. The van der Waals surface area contributed by atoms with Crippen molar-refractivity contribution in [3.8, 4) is 11.3 Å².